The molecule has 1 saturated heterocycles. The van der Waals surface area contributed by atoms with Crippen molar-refractivity contribution in [2.24, 2.45) is 4.99 Å². The summed E-state index contributed by atoms with van der Waals surface area (Å²) in [6, 6.07) is 5.68. The van der Waals surface area contributed by atoms with Crippen LogP contribution in [0.25, 0.3) is 0 Å². The zero-order valence-electron chi connectivity index (χ0n) is 15.6. The van der Waals surface area contributed by atoms with Gasteiger partial charge in [0.2, 0.25) is 0 Å². The van der Waals surface area contributed by atoms with Crippen LogP contribution in [0.5, 0.6) is 5.75 Å². The summed E-state index contributed by atoms with van der Waals surface area (Å²) in [7, 11) is 3.21. The third-order valence-corrected chi connectivity index (χ3v) is 4.75. The summed E-state index contributed by atoms with van der Waals surface area (Å²) in [5.74, 6) is 0.654. The summed E-state index contributed by atoms with van der Waals surface area (Å²) in [6.07, 6.45) is 5.08. The first-order valence-electron chi connectivity index (χ1n) is 9.15. The highest BCUT2D eigenvalue weighted by molar-refractivity contribution is 5.79. The Kier molecular flexibility index (Phi) is 7.98. The van der Waals surface area contributed by atoms with E-state index in [1.54, 1.807) is 13.1 Å². The van der Waals surface area contributed by atoms with E-state index in [-0.39, 0.29) is 11.6 Å². The van der Waals surface area contributed by atoms with Gasteiger partial charge in [-0.1, -0.05) is 12.5 Å². The zero-order valence-corrected chi connectivity index (χ0v) is 15.6. The molecule has 0 amide bonds. The minimum absolute atomic E-state index is 0.262. The van der Waals surface area contributed by atoms with E-state index in [1.165, 1.54) is 39.0 Å². The highest BCUT2D eigenvalue weighted by atomic mass is 19.1. The highest BCUT2D eigenvalue weighted by Crippen LogP contribution is 2.17. The van der Waals surface area contributed by atoms with Crippen LogP contribution >= 0.6 is 0 Å². The van der Waals surface area contributed by atoms with Crippen LogP contribution in [0.15, 0.2) is 23.2 Å². The maximum atomic E-state index is 13.7. The Bertz CT molecular complexity index is 564. The van der Waals surface area contributed by atoms with Crippen LogP contribution in [0.2, 0.25) is 0 Å². The molecule has 6 heteroatoms. The molecule has 1 aromatic rings. The lowest BCUT2D eigenvalue weighted by atomic mass is 10.0. The third-order valence-electron chi connectivity index (χ3n) is 4.75. The fourth-order valence-electron chi connectivity index (χ4n) is 3.20. The topological polar surface area (TPSA) is 48.9 Å². The standard InChI is InChI=1S/C19H31FN4O/c1-15-7-4-5-11-24(15)12-6-10-22-19(21-2)23-14-16-8-9-18(25-3)17(20)13-16/h8-9,13,15H,4-7,10-12,14H2,1-3H3,(H2,21,22,23). The fourth-order valence-corrected chi connectivity index (χ4v) is 3.20. The number of hydrogen-bond acceptors (Lipinski definition) is 3. The van der Waals surface area contributed by atoms with Gasteiger partial charge in [0.1, 0.15) is 0 Å². The number of likely N-dealkylation sites (tertiary alicyclic amines) is 1. The molecular formula is C19H31FN4O. The number of aliphatic imine (C=N–C) groups is 1. The summed E-state index contributed by atoms with van der Waals surface area (Å²) >= 11 is 0. The molecular weight excluding hydrogens is 319 g/mol. The Balaban J connectivity index is 1.69. The normalized spacial score (nSPS) is 18.9. The van der Waals surface area contributed by atoms with Gasteiger partial charge in [0.15, 0.2) is 17.5 Å². The quantitative estimate of drug-likeness (QED) is 0.451. The predicted molar refractivity (Wildman–Crippen MR) is 101 cm³/mol. The van der Waals surface area contributed by atoms with Crippen molar-refractivity contribution in [3.8, 4) is 5.75 Å². The van der Waals surface area contributed by atoms with Crippen LogP contribution in [-0.4, -0.2) is 50.7 Å². The van der Waals surface area contributed by atoms with Crippen molar-refractivity contribution in [3.63, 3.8) is 0 Å². The summed E-state index contributed by atoms with van der Waals surface area (Å²) in [5, 5.41) is 6.54. The van der Waals surface area contributed by atoms with Gasteiger partial charge in [0.25, 0.3) is 0 Å². The lowest BCUT2D eigenvalue weighted by molar-refractivity contribution is 0.159. The fraction of sp³-hybridized carbons (Fsp3) is 0.632. The lowest BCUT2D eigenvalue weighted by Crippen LogP contribution is -2.41. The number of nitrogens with one attached hydrogen (secondary N) is 2. The van der Waals surface area contributed by atoms with Crippen LogP contribution in [0.1, 0.15) is 38.2 Å². The lowest BCUT2D eigenvalue weighted by Gasteiger charge is -2.33. The number of guanidine groups is 1. The van der Waals surface area contributed by atoms with Crippen LogP contribution in [0.4, 0.5) is 4.39 Å². The van der Waals surface area contributed by atoms with E-state index in [4.69, 9.17) is 4.74 Å². The van der Waals surface area contributed by atoms with Gasteiger partial charge in [0.05, 0.1) is 7.11 Å². The van der Waals surface area contributed by atoms with Crippen molar-refractivity contribution in [1.29, 1.82) is 0 Å². The molecule has 0 spiro atoms. The van der Waals surface area contributed by atoms with Crippen molar-refractivity contribution >= 4 is 5.96 Å². The molecule has 1 atom stereocenters. The summed E-state index contributed by atoms with van der Waals surface area (Å²) in [4.78, 5) is 6.79. The molecule has 0 radical (unpaired) electrons. The number of halogens is 1. The molecule has 140 valence electrons. The van der Waals surface area contributed by atoms with E-state index < -0.39 is 0 Å². The van der Waals surface area contributed by atoms with Crippen molar-refractivity contribution in [2.45, 2.75) is 45.2 Å². The van der Waals surface area contributed by atoms with Crippen molar-refractivity contribution in [3.05, 3.63) is 29.6 Å². The van der Waals surface area contributed by atoms with E-state index in [2.05, 4.69) is 27.4 Å². The number of rotatable bonds is 7. The van der Waals surface area contributed by atoms with Gasteiger partial charge < -0.3 is 20.3 Å². The molecule has 25 heavy (non-hydrogen) atoms. The second-order valence-electron chi connectivity index (χ2n) is 6.56. The molecule has 1 aliphatic heterocycles. The largest absolute Gasteiger partial charge is 0.494 e. The van der Waals surface area contributed by atoms with Gasteiger partial charge in [-0.3, -0.25) is 4.99 Å². The maximum absolute atomic E-state index is 13.7. The third kappa shape index (κ3) is 6.20. The first kappa shape index (κ1) is 19.5. The van der Waals surface area contributed by atoms with Crippen LogP contribution in [0, 0.1) is 5.82 Å². The Morgan fingerprint density at radius 2 is 2.20 bits per heavy atom. The van der Waals surface area contributed by atoms with Crippen LogP contribution in [0.3, 0.4) is 0 Å². The maximum Gasteiger partial charge on any atom is 0.191 e. The minimum atomic E-state index is -0.347. The first-order chi connectivity index (χ1) is 12.1. The van der Waals surface area contributed by atoms with E-state index in [1.807, 2.05) is 6.07 Å². The van der Waals surface area contributed by atoms with Gasteiger partial charge in [-0.2, -0.15) is 0 Å². The monoisotopic (exact) mass is 350 g/mol. The molecule has 0 saturated carbocycles. The van der Waals surface area contributed by atoms with E-state index in [9.17, 15) is 4.39 Å². The summed E-state index contributed by atoms with van der Waals surface area (Å²) in [5.41, 5.74) is 0.850. The zero-order chi connectivity index (χ0) is 18.1. The second-order valence-corrected chi connectivity index (χ2v) is 6.56. The Labute approximate surface area is 150 Å². The number of nitrogens with zero attached hydrogens (tertiary/aromatic N) is 2. The smallest absolute Gasteiger partial charge is 0.191 e. The second kappa shape index (κ2) is 10.2. The average molecular weight is 350 g/mol. The van der Waals surface area contributed by atoms with Crippen molar-refractivity contribution in [2.75, 3.05) is 33.8 Å². The molecule has 0 aliphatic carbocycles. The Hall–Kier alpha value is -1.82. The molecule has 2 N–H and O–H groups in total. The summed E-state index contributed by atoms with van der Waals surface area (Å²) < 4.78 is 18.6. The minimum Gasteiger partial charge on any atom is -0.494 e. The Morgan fingerprint density at radius 1 is 1.36 bits per heavy atom. The number of ether oxygens (including phenoxy) is 1. The number of hydrogen-bond donors (Lipinski definition) is 2. The average Bonchev–Trinajstić information content (AvgIpc) is 2.62. The molecule has 1 heterocycles. The molecule has 1 fully saturated rings. The predicted octanol–water partition coefficient (Wildman–Crippen LogP) is 2.76. The molecule has 5 nitrogen and oxygen atoms in total. The summed E-state index contributed by atoms with van der Waals surface area (Å²) in [6.45, 7) is 6.05. The van der Waals surface area contributed by atoms with Gasteiger partial charge in [0, 0.05) is 32.7 Å². The van der Waals surface area contributed by atoms with Gasteiger partial charge in [-0.15, -0.1) is 0 Å². The van der Waals surface area contributed by atoms with E-state index in [0.29, 0.717) is 12.6 Å². The van der Waals surface area contributed by atoms with E-state index in [0.717, 1.165) is 31.0 Å². The van der Waals surface area contributed by atoms with Gasteiger partial charge >= 0.3 is 0 Å². The first-order valence-corrected chi connectivity index (χ1v) is 9.15. The SMILES string of the molecule is CN=C(NCCCN1CCCCC1C)NCc1ccc(OC)c(F)c1. The van der Waals surface area contributed by atoms with Crippen LogP contribution < -0.4 is 15.4 Å². The molecule has 1 aliphatic rings. The van der Waals surface area contributed by atoms with E-state index >= 15 is 0 Å². The molecule has 1 aromatic carbocycles. The number of benzene rings is 1. The van der Waals surface area contributed by atoms with Gasteiger partial charge in [-0.05, 0) is 50.4 Å². The van der Waals surface area contributed by atoms with Gasteiger partial charge in [-0.25, -0.2) is 4.39 Å². The van der Waals surface area contributed by atoms with Crippen LogP contribution in [-0.2, 0) is 6.54 Å². The molecule has 0 bridgehead atoms. The molecule has 1 unspecified atom stereocenters. The number of methoxy groups -OCH3 is 1. The number of piperidine rings is 1. The molecule has 2 rings (SSSR count). The molecule has 0 aromatic heterocycles. The Morgan fingerprint density at radius 3 is 2.88 bits per heavy atom. The van der Waals surface area contributed by atoms with Crippen molar-refractivity contribution < 1.29 is 9.13 Å². The van der Waals surface area contributed by atoms with Crippen molar-refractivity contribution in [1.82, 2.24) is 15.5 Å². The highest BCUT2D eigenvalue weighted by Gasteiger charge is 2.17.